The number of phenols is 3. The van der Waals surface area contributed by atoms with Crippen LogP contribution in [0.3, 0.4) is 0 Å². The van der Waals surface area contributed by atoms with Gasteiger partial charge in [0.1, 0.15) is 58.8 Å². The molecule has 3 aliphatic carbocycles. The van der Waals surface area contributed by atoms with Gasteiger partial charge in [-0.25, -0.2) is 9.59 Å². The molecule has 0 bridgehead atoms. The third-order valence-electron chi connectivity index (χ3n) is 26.4. The van der Waals surface area contributed by atoms with Crippen LogP contribution in [-0.4, -0.2) is 113 Å². The van der Waals surface area contributed by atoms with Gasteiger partial charge in [0.2, 0.25) is 11.6 Å². The number of hydrogen-bond acceptors (Lipinski definition) is 18. The number of nitrogens with two attached hydrogens (primary N) is 2. The fourth-order valence-electron chi connectivity index (χ4n) is 18.7. The molecule has 10 N–H and O–H groups in total. The van der Waals surface area contributed by atoms with Gasteiger partial charge in [0, 0.05) is 107 Å². The maximum atomic E-state index is 13.7. The molecular weight excluding hydrogens is 2410 g/mol. The summed E-state index contributed by atoms with van der Waals surface area (Å²) in [4.78, 5) is 118. The maximum absolute atomic E-state index is 13.7. The van der Waals surface area contributed by atoms with E-state index in [1.807, 2.05) is 64.1 Å². The van der Waals surface area contributed by atoms with E-state index in [2.05, 4.69) is 125 Å². The first-order chi connectivity index (χ1) is 67.5. The Labute approximate surface area is 923 Å². The Bertz CT molecular complexity index is 5600. The molecule has 12 rings (SSSR count). The number of benzene rings is 9. The van der Waals surface area contributed by atoms with E-state index in [1.54, 1.807) is 102 Å². The van der Waals surface area contributed by atoms with E-state index >= 15 is 0 Å². The minimum Gasteiger partial charge on any atom is -1.00 e. The van der Waals surface area contributed by atoms with Crippen LogP contribution in [0.4, 0.5) is 43.7 Å². The van der Waals surface area contributed by atoms with Crippen LogP contribution >= 0.6 is 113 Å². The first-order valence-corrected chi connectivity index (χ1v) is 54.5. The molecule has 3 aliphatic rings. The highest BCUT2D eigenvalue weighted by Crippen LogP contribution is 2.45. The van der Waals surface area contributed by atoms with Crippen molar-refractivity contribution in [1.82, 2.24) is 10.6 Å². The summed E-state index contributed by atoms with van der Waals surface area (Å²) < 4.78 is 32.6. The molecule has 6 unspecified atom stereocenters. The van der Waals surface area contributed by atoms with E-state index in [0.29, 0.717) is 83.5 Å². The number of alkyl carbamates (subject to hydrolysis) is 2. The number of nitrogens with one attached hydrogen (secondary N) is 3. The molecule has 22 nitrogen and oxygen atoms in total. The van der Waals surface area contributed by atoms with Crippen molar-refractivity contribution in [2.75, 3.05) is 38.2 Å². The molecule has 772 valence electrons. The Kier molecular flexibility index (Phi) is 51.7. The summed E-state index contributed by atoms with van der Waals surface area (Å²) in [6, 6.07) is 40.5. The first kappa shape index (κ1) is 121. The Morgan fingerprint density at radius 3 is 1.05 bits per heavy atom. The molecule has 0 radical (unpaired) electrons. The summed E-state index contributed by atoms with van der Waals surface area (Å²) in [7, 11) is 0. The molecule has 0 aromatic heterocycles. The van der Waals surface area contributed by atoms with Crippen molar-refractivity contribution >= 4 is 200 Å². The molecular formula is C112H134Br9N5O17. The number of hydrogen-bond donors (Lipinski definition) is 8. The second-order valence-corrected chi connectivity index (χ2v) is 42.1. The number of quaternary nitrogens is 2. The van der Waals surface area contributed by atoms with Gasteiger partial charge in [0.25, 0.3) is 0 Å². The molecule has 0 aliphatic heterocycles. The van der Waals surface area contributed by atoms with Gasteiger partial charge in [-0.1, -0.05) is 298 Å². The molecule has 0 saturated carbocycles. The van der Waals surface area contributed by atoms with Crippen LogP contribution in [0, 0.1) is 11.8 Å². The van der Waals surface area contributed by atoms with Crippen LogP contribution in [-0.2, 0) is 34.9 Å². The average molecular weight is 2540 g/mol. The minimum absolute atomic E-state index is 0. The van der Waals surface area contributed by atoms with Crippen molar-refractivity contribution in [1.29, 1.82) is 0 Å². The van der Waals surface area contributed by atoms with Gasteiger partial charge in [0.15, 0.2) is 23.1 Å². The van der Waals surface area contributed by atoms with Gasteiger partial charge in [-0.05, 0) is 177 Å². The first-order valence-electron chi connectivity index (χ1n) is 49.8. The van der Waals surface area contributed by atoms with Crippen molar-refractivity contribution in [3.05, 3.63) is 256 Å². The number of amides is 2. The lowest BCUT2D eigenvalue weighted by atomic mass is 9.78. The number of ketones is 6. The molecule has 9 aromatic rings. The lowest BCUT2D eigenvalue weighted by molar-refractivity contribution is -0.480. The fraction of sp³-hybridized carbons (Fsp3) is 0.438. The molecule has 0 heterocycles. The Morgan fingerprint density at radius 2 is 0.685 bits per heavy atom. The molecule has 0 spiro atoms. The van der Waals surface area contributed by atoms with Crippen molar-refractivity contribution in [3.8, 4) is 17.2 Å². The van der Waals surface area contributed by atoms with Crippen molar-refractivity contribution < 1.29 is 127 Å². The number of ether oxygens (including phenoxy) is 5. The molecule has 0 fully saturated rings. The van der Waals surface area contributed by atoms with Crippen LogP contribution in [0.5, 0.6) is 17.2 Å². The SMILES string of the molecule is Br.CC(=O)OCC(C)OCC(C)OCCc1cc(Br)c(Nc2ccc(O)c3c2C(=O)c2ccccc2C3=O)c(Br)c1.CCCCCCC(CCCCCCCCCCCNC(=O)OC(C)c1cc([NH2+]c2ccc(O)c3c2C(=O)c2ccccc2C3=O)c(Br)cc1Br)C(CCCCCC)CCCCCCCCCCCNC(=O)OC(C)c1cc([NH2+]c2ccc(O)c3c2C(=O)c2ccccc2C3=O)c(Br)cc1Br.[Br-].[Br-]. The van der Waals surface area contributed by atoms with E-state index < -0.39 is 41.7 Å². The van der Waals surface area contributed by atoms with Gasteiger partial charge in [-0.3, -0.25) is 44.2 Å². The molecule has 31 heteroatoms. The monoisotopic (exact) mass is 2530 g/mol. The molecule has 0 saturated heterocycles. The highest BCUT2D eigenvalue weighted by atomic mass is 79.9. The van der Waals surface area contributed by atoms with Crippen molar-refractivity contribution in [3.63, 3.8) is 0 Å². The van der Waals surface area contributed by atoms with E-state index in [9.17, 15) is 58.5 Å². The number of carbonyl (C=O) groups is 9. The van der Waals surface area contributed by atoms with E-state index in [1.165, 1.54) is 179 Å². The van der Waals surface area contributed by atoms with Crippen molar-refractivity contribution in [2.24, 2.45) is 11.8 Å². The van der Waals surface area contributed by atoms with E-state index in [-0.39, 0.29) is 160 Å². The smallest absolute Gasteiger partial charge is 0.407 e. The highest BCUT2D eigenvalue weighted by Gasteiger charge is 2.40. The summed E-state index contributed by atoms with van der Waals surface area (Å²) in [5, 5.41) is 44.7. The van der Waals surface area contributed by atoms with Gasteiger partial charge < -0.3 is 88.9 Å². The number of carbonyl (C=O) groups excluding carboxylic acids is 9. The number of rotatable bonds is 54. The van der Waals surface area contributed by atoms with Crippen LogP contribution in [0.25, 0.3) is 0 Å². The second kappa shape index (κ2) is 61.4. The number of fused-ring (bicyclic) bond motifs is 6. The number of anilines is 2. The zero-order valence-electron chi connectivity index (χ0n) is 82.4. The van der Waals surface area contributed by atoms with Gasteiger partial charge in [-0.2, -0.15) is 0 Å². The number of unbranched alkanes of at least 4 members (excludes halogenated alkanes) is 22. The zero-order chi connectivity index (χ0) is 100. The summed E-state index contributed by atoms with van der Waals surface area (Å²) in [5.74, 6) is -1.52. The van der Waals surface area contributed by atoms with Crippen LogP contribution in [0.1, 0.15) is 366 Å². The van der Waals surface area contributed by atoms with Crippen LogP contribution in [0.2, 0.25) is 0 Å². The highest BCUT2D eigenvalue weighted by molar-refractivity contribution is 9.12. The second-order valence-electron chi connectivity index (χ2n) is 37.0. The molecule has 6 atom stereocenters. The quantitative estimate of drug-likeness (QED) is 0.00577. The largest absolute Gasteiger partial charge is 1.00 e. The summed E-state index contributed by atoms with van der Waals surface area (Å²) in [6.45, 7) is 15.5. The molecule has 9 aromatic carbocycles. The Morgan fingerprint density at radius 1 is 0.364 bits per heavy atom. The van der Waals surface area contributed by atoms with Crippen LogP contribution < -0.4 is 60.5 Å². The van der Waals surface area contributed by atoms with Crippen molar-refractivity contribution in [2.45, 2.75) is 272 Å². The maximum Gasteiger partial charge on any atom is 0.407 e. The van der Waals surface area contributed by atoms with E-state index in [4.69, 9.17) is 23.7 Å². The molecule has 2 amide bonds. The topological polar surface area (TPSA) is 330 Å². The standard InChI is InChI=1S/C82H102Br4N4O10.C30H29Br2NO7.3BrH/c1-5-7-9-25-35-55(37-27-21-17-13-11-15-19-23-33-47-87-81(97)99-53(3)61-49-69(65(85)51-63(61)83)89-67-43-45-71(91)75-73(67)77(93)57-39-29-31-41-59(57)79(75)95)56(36-26-10-8-6-2)38-28-22-18-14-12-16-20-24-34-48-88-82(98)100-54(4)62-50-70(66(86)52-64(62)84)90-68-44-46-72(92)76-74(68)78(94)58-40-30-32-42-60(58)80(76)96;1-16(14-39-17(2)15-40-18(3)34)38-11-10-19-12-22(31)28(23(32)13-19)33-24-8-9-25(35)27-26(24)29(36)20-6-4-5-7-21(20)30(27)37;;;/h29-32,39-46,49-56,89-92H,5-28,33-38,47-48H2,1-4H3,(H,87,97)(H,88,98);4-9,12-13,16-17,33,35H,10-11,14-15H2,1-3H3;3*1H. The Balaban J connectivity index is 0.000000484. The lowest BCUT2D eigenvalue weighted by Crippen LogP contribution is -3.00. The predicted octanol–water partition coefficient (Wildman–Crippen LogP) is 22.9. The normalized spacial score (nSPS) is 13.4. The third kappa shape index (κ3) is 34.2. The minimum atomic E-state index is -0.592. The average Bonchev–Trinajstić information content (AvgIpc) is 0.749. The Hall–Kier alpha value is -7.63. The van der Waals surface area contributed by atoms with Gasteiger partial charge in [0.05, 0.1) is 79.1 Å². The van der Waals surface area contributed by atoms with Gasteiger partial charge in [-0.15, -0.1) is 17.0 Å². The number of esters is 1. The summed E-state index contributed by atoms with van der Waals surface area (Å²) in [6.07, 6.45) is 36.0. The predicted molar refractivity (Wildman–Crippen MR) is 580 cm³/mol. The number of aromatic hydroxyl groups is 3. The van der Waals surface area contributed by atoms with Crippen LogP contribution in [0.15, 0.2) is 172 Å². The third-order valence-corrected chi connectivity index (χ3v) is 30.4. The molecule has 143 heavy (non-hydrogen) atoms. The lowest BCUT2D eigenvalue weighted by Gasteiger charge is -2.28. The number of halogens is 9. The fourth-order valence-corrected chi connectivity index (χ4v) is 23.1. The summed E-state index contributed by atoms with van der Waals surface area (Å²) in [5.41, 5.74) is 8.13. The van der Waals surface area contributed by atoms with Gasteiger partial charge >= 0.3 is 18.2 Å². The zero-order valence-corrected chi connectivity index (χ0v) is 96.8. The number of phenolic OH excluding ortho intramolecular Hbond substituents is 3. The summed E-state index contributed by atoms with van der Waals surface area (Å²) >= 11 is 21.8. The van der Waals surface area contributed by atoms with E-state index in [0.717, 1.165) is 93.9 Å².